The van der Waals surface area contributed by atoms with Gasteiger partial charge in [0.25, 0.3) is 0 Å². The summed E-state index contributed by atoms with van der Waals surface area (Å²) >= 11 is 0. The highest BCUT2D eigenvalue weighted by Gasteiger charge is 2.15. The number of rotatable bonds is 6. The highest BCUT2D eigenvalue weighted by Crippen LogP contribution is 2.25. The maximum Gasteiger partial charge on any atom is 0.488 e. The summed E-state index contributed by atoms with van der Waals surface area (Å²) in [5, 5.41) is 7.50. The van der Waals surface area contributed by atoms with Crippen LogP contribution in [0.5, 0.6) is 11.5 Å². The van der Waals surface area contributed by atoms with Crippen LogP contribution >= 0.6 is 0 Å². The molecule has 0 bridgehead atoms. The van der Waals surface area contributed by atoms with Crippen molar-refractivity contribution in [3.63, 3.8) is 0 Å². The molecule has 0 aliphatic heterocycles. The molecule has 11 heteroatoms. The Morgan fingerprint density at radius 2 is 1.67 bits per heavy atom. The largest absolute Gasteiger partial charge is 0.489 e. The molecule has 0 N–H and O–H groups in total. The van der Waals surface area contributed by atoms with E-state index in [1.807, 2.05) is 0 Å². The molecular formula is C16H12F3N3O4S. The highest BCUT2D eigenvalue weighted by molar-refractivity contribution is 7.81. The van der Waals surface area contributed by atoms with Crippen molar-refractivity contribution in [3.8, 4) is 22.8 Å². The van der Waals surface area contributed by atoms with Gasteiger partial charge in [-0.2, -0.15) is 8.42 Å². The third-order valence-electron chi connectivity index (χ3n) is 3.44. The number of hydrogen-bond acceptors (Lipinski definition) is 6. The molecule has 0 spiro atoms. The van der Waals surface area contributed by atoms with Crippen molar-refractivity contribution in [2.75, 3.05) is 0 Å². The zero-order valence-electron chi connectivity index (χ0n) is 13.8. The summed E-state index contributed by atoms with van der Waals surface area (Å²) in [5.41, 5.74) is 0.256. The summed E-state index contributed by atoms with van der Waals surface area (Å²) in [6, 6.07) is 7.05. The van der Waals surface area contributed by atoms with Crippen LogP contribution in [0, 0.1) is 11.6 Å². The van der Waals surface area contributed by atoms with Crippen LogP contribution in [-0.4, -0.2) is 23.4 Å². The molecule has 3 rings (SSSR count). The normalized spacial score (nSPS) is 11.4. The third-order valence-corrected chi connectivity index (χ3v) is 3.83. The minimum Gasteiger partial charge on any atom is -0.489 e. The van der Waals surface area contributed by atoms with Gasteiger partial charge in [0.1, 0.15) is 35.4 Å². The summed E-state index contributed by atoms with van der Waals surface area (Å²) < 4.78 is 72.4. The molecule has 0 atom stereocenters. The number of hydrogen-bond donors (Lipinski definition) is 0. The molecule has 0 aliphatic carbocycles. The van der Waals surface area contributed by atoms with Crippen molar-refractivity contribution in [1.29, 1.82) is 0 Å². The molecule has 3 aromatic rings. The SMILES string of the molecule is Cn1cc(-c2cc(F)c(COc3ccc(OS(=O)(=O)F)cc3)c(F)c2)nn1. The number of nitrogens with zero attached hydrogens (tertiary/aromatic N) is 3. The van der Waals surface area contributed by atoms with E-state index in [0.717, 1.165) is 24.3 Å². The Morgan fingerprint density at radius 3 is 2.19 bits per heavy atom. The molecule has 1 aromatic heterocycles. The van der Waals surface area contributed by atoms with E-state index in [1.54, 1.807) is 7.05 Å². The van der Waals surface area contributed by atoms with Crippen molar-refractivity contribution in [1.82, 2.24) is 15.0 Å². The Bertz CT molecular complexity index is 1050. The van der Waals surface area contributed by atoms with Gasteiger partial charge in [-0.1, -0.05) is 9.10 Å². The van der Waals surface area contributed by atoms with Crippen molar-refractivity contribution in [3.05, 3.63) is 59.8 Å². The standard InChI is InChI=1S/C16H12F3N3O4S/c1-22-8-16(20-21-22)10-6-14(17)13(15(18)7-10)9-25-11-2-4-12(5-3-11)26-27(19,23)24/h2-8H,9H2,1H3. The van der Waals surface area contributed by atoms with E-state index in [2.05, 4.69) is 14.5 Å². The van der Waals surface area contributed by atoms with Crippen LogP contribution in [0.4, 0.5) is 12.7 Å². The summed E-state index contributed by atoms with van der Waals surface area (Å²) in [6.45, 7) is -0.417. The van der Waals surface area contributed by atoms with Gasteiger partial charge in [0.2, 0.25) is 0 Å². The van der Waals surface area contributed by atoms with E-state index < -0.39 is 28.7 Å². The van der Waals surface area contributed by atoms with Crippen LogP contribution in [0.3, 0.4) is 0 Å². The van der Waals surface area contributed by atoms with Crippen molar-refractivity contribution in [2.45, 2.75) is 6.61 Å². The Kier molecular flexibility index (Phi) is 5.04. The Hall–Kier alpha value is -3.08. The van der Waals surface area contributed by atoms with Gasteiger partial charge in [0, 0.05) is 12.6 Å². The zero-order valence-corrected chi connectivity index (χ0v) is 14.6. The number of halogens is 3. The van der Waals surface area contributed by atoms with Gasteiger partial charge in [-0.25, -0.2) is 8.78 Å². The van der Waals surface area contributed by atoms with Crippen LogP contribution < -0.4 is 8.92 Å². The van der Waals surface area contributed by atoms with Gasteiger partial charge in [0.05, 0.1) is 11.8 Å². The molecule has 0 unspecified atom stereocenters. The molecule has 0 aliphatic rings. The van der Waals surface area contributed by atoms with Gasteiger partial charge in [-0.05, 0) is 36.4 Å². The predicted molar refractivity (Wildman–Crippen MR) is 87.8 cm³/mol. The summed E-state index contributed by atoms with van der Waals surface area (Å²) in [7, 11) is -3.50. The zero-order chi connectivity index (χ0) is 19.6. The molecule has 0 fully saturated rings. The molecule has 7 nitrogen and oxygen atoms in total. The Balaban J connectivity index is 1.72. The minimum absolute atomic E-state index is 0.176. The fourth-order valence-corrected chi connectivity index (χ4v) is 2.57. The second-order valence-corrected chi connectivity index (χ2v) is 6.39. The monoisotopic (exact) mass is 399 g/mol. The van der Waals surface area contributed by atoms with Crippen LogP contribution in [0.2, 0.25) is 0 Å². The first-order valence-corrected chi connectivity index (χ1v) is 8.74. The summed E-state index contributed by atoms with van der Waals surface area (Å²) in [5.74, 6) is -1.73. The lowest BCUT2D eigenvalue weighted by atomic mass is 10.1. The van der Waals surface area contributed by atoms with E-state index in [-0.39, 0.29) is 22.6 Å². The molecule has 2 aromatic carbocycles. The molecule has 142 valence electrons. The summed E-state index contributed by atoms with van der Waals surface area (Å²) in [4.78, 5) is 0. The van der Waals surface area contributed by atoms with Gasteiger partial charge in [-0.15, -0.1) is 5.10 Å². The fourth-order valence-electron chi connectivity index (χ4n) is 2.23. The van der Waals surface area contributed by atoms with Gasteiger partial charge < -0.3 is 8.92 Å². The van der Waals surface area contributed by atoms with E-state index in [1.165, 1.54) is 23.0 Å². The van der Waals surface area contributed by atoms with E-state index in [4.69, 9.17) is 4.74 Å². The lowest BCUT2D eigenvalue weighted by Gasteiger charge is -2.10. The minimum atomic E-state index is -5.13. The molecule has 0 radical (unpaired) electrons. The van der Waals surface area contributed by atoms with Crippen LogP contribution in [0.25, 0.3) is 11.3 Å². The first kappa shape index (κ1) is 18.7. The van der Waals surface area contributed by atoms with E-state index in [9.17, 15) is 21.1 Å². The van der Waals surface area contributed by atoms with Crippen LogP contribution in [0.1, 0.15) is 5.56 Å². The third kappa shape index (κ3) is 4.76. The van der Waals surface area contributed by atoms with Gasteiger partial charge >= 0.3 is 10.5 Å². The number of benzene rings is 2. The first-order valence-electron chi connectivity index (χ1n) is 7.43. The molecular weight excluding hydrogens is 387 g/mol. The van der Waals surface area contributed by atoms with E-state index >= 15 is 0 Å². The topological polar surface area (TPSA) is 83.3 Å². The quantitative estimate of drug-likeness (QED) is 0.593. The second kappa shape index (κ2) is 7.27. The Morgan fingerprint density at radius 1 is 1.07 bits per heavy atom. The smallest absolute Gasteiger partial charge is 0.488 e. The maximum absolute atomic E-state index is 14.3. The first-order chi connectivity index (χ1) is 12.7. The molecule has 0 saturated carbocycles. The van der Waals surface area contributed by atoms with Crippen LogP contribution in [-0.2, 0) is 24.2 Å². The van der Waals surface area contributed by atoms with Crippen molar-refractivity contribution in [2.24, 2.45) is 7.05 Å². The average Bonchev–Trinajstić information content (AvgIpc) is 3.00. The molecule has 1 heterocycles. The highest BCUT2D eigenvalue weighted by atomic mass is 32.3. The maximum atomic E-state index is 14.3. The molecule has 27 heavy (non-hydrogen) atoms. The van der Waals surface area contributed by atoms with Gasteiger partial charge in [-0.3, -0.25) is 4.68 Å². The average molecular weight is 399 g/mol. The second-order valence-electron chi connectivity index (χ2n) is 5.43. The van der Waals surface area contributed by atoms with E-state index in [0.29, 0.717) is 5.69 Å². The van der Waals surface area contributed by atoms with Crippen molar-refractivity contribution >= 4 is 10.5 Å². The Labute approximate surface area is 152 Å². The van der Waals surface area contributed by atoms with Crippen molar-refractivity contribution < 1.29 is 30.0 Å². The lowest BCUT2D eigenvalue weighted by molar-refractivity contribution is 0.292. The fraction of sp³-hybridized carbons (Fsp3) is 0.125. The number of aryl methyl sites for hydroxylation is 1. The lowest BCUT2D eigenvalue weighted by Crippen LogP contribution is -2.03. The van der Waals surface area contributed by atoms with Gasteiger partial charge in [0.15, 0.2) is 0 Å². The predicted octanol–water partition coefficient (Wildman–Crippen LogP) is 2.93. The summed E-state index contributed by atoms with van der Waals surface area (Å²) in [6.07, 6.45) is 1.52. The van der Waals surface area contributed by atoms with Crippen LogP contribution in [0.15, 0.2) is 42.6 Å². The number of ether oxygens (including phenoxy) is 1. The molecule has 0 amide bonds. The number of aromatic nitrogens is 3. The molecule has 0 saturated heterocycles.